The van der Waals surface area contributed by atoms with Gasteiger partial charge in [-0.05, 0) is 12.1 Å². The van der Waals surface area contributed by atoms with Gasteiger partial charge in [0.2, 0.25) is 17.4 Å². The summed E-state index contributed by atoms with van der Waals surface area (Å²) in [7, 11) is 2.75. The maximum Gasteiger partial charge on any atom is 0.431 e. The summed E-state index contributed by atoms with van der Waals surface area (Å²) in [5.74, 6) is -0.462. The molecule has 0 bridgehead atoms. The average Bonchev–Trinajstić information content (AvgIpc) is 3.33. The molecule has 5 heterocycles. The van der Waals surface area contributed by atoms with Gasteiger partial charge in [-0.25, -0.2) is 19.5 Å². The minimum atomic E-state index is -4.86. The second-order valence-corrected chi connectivity index (χ2v) is 8.22. The minimum Gasteiger partial charge on any atom is -0.480 e. The number of alkyl halides is 6. The summed E-state index contributed by atoms with van der Waals surface area (Å²) in [6, 6.07) is 2.91. The first kappa shape index (κ1) is 25.3. The number of imidazole rings is 1. The van der Waals surface area contributed by atoms with Crippen LogP contribution in [0.25, 0.3) is 16.9 Å². The van der Waals surface area contributed by atoms with Crippen LogP contribution in [0.15, 0.2) is 43.0 Å². The van der Waals surface area contributed by atoms with Gasteiger partial charge in [0.05, 0.1) is 44.1 Å². The summed E-state index contributed by atoms with van der Waals surface area (Å²) < 4.78 is 97.6. The number of methoxy groups -OCH3 is 2. The maximum absolute atomic E-state index is 14.1. The van der Waals surface area contributed by atoms with E-state index in [0.717, 1.165) is 6.07 Å². The molecule has 16 heteroatoms. The fourth-order valence-electron chi connectivity index (χ4n) is 3.90. The van der Waals surface area contributed by atoms with Crippen molar-refractivity contribution in [2.75, 3.05) is 32.2 Å². The molecule has 0 atom stereocenters. The Labute approximate surface area is 209 Å². The normalized spacial score (nSPS) is 15.3. The number of pyridine rings is 1. The van der Waals surface area contributed by atoms with Crippen LogP contribution in [0, 0.1) is 0 Å². The molecule has 1 saturated heterocycles. The Morgan fingerprint density at radius 3 is 2.32 bits per heavy atom. The molecule has 0 amide bonds. The van der Waals surface area contributed by atoms with Crippen molar-refractivity contribution in [3.63, 3.8) is 0 Å². The van der Waals surface area contributed by atoms with Gasteiger partial charge in [-0.15, -0.1) is 0 Å². The number of ether oxygens (including phenoxy) is 3. The topological polar surface area (TPSA) is 99.8 Å². The second kappa shape index (κ2) is 8.88. The third-order valence-electron chi connectivity index (χ3n) is 5.84. The first-order valence-electron chi connectivity index (χ1n) is 10.8. The molecule has 1 aliphatic rings. The molecule has 4 aromatic heterocycles. The summed E-state index contributed by atoms with van der Waals surface area (Å²) in [5, 5.41) is 4.42. The first-order chi connectivity index (χ1) is 17.9. The van der Waals surface area contributed by atoms with Crippen molar-refractivity contribution < 1.29 is 40.6 Å². The van der Waals surface area contributed by atoms with Crippen molar-refractivity contribution in [1.29, 1.82) is 0 Å². The van der Waals surface area contributed by atoms with Gasteiger partial charge in [0, 0.05) is 30.9 Å². The zero-order valence-corrected chi connectivity index (χ0v) is 19.6. The molecule has 0 radical (unpaired) electrons. The van der Waals surface area contributed by atoms with Crippen LogP contribution >= 0.6 is 0 Å². The third kappa shape index (κ3) is 4.35. The van der Waals surface area contributed by atoms with E-state index in [1.807, 2.05) is 0 Å². The molecule has 0 aliphatic carbocycles. The zero-order valence-electron chi connectivity index (χ0n) is 19.6. The van der Waals surface area contributed by atoms with Crippen molar-refractivity contribution in [2.24, 2.45) is 0 Å². The summed E-state index contributed by atoms with van der Waals surface area (Å²) in [5.41, 5.74) is -2.64. The van der Waals surface area contributed by atoms with Crippen molar-refractivity contribution in [3.05, 3.63) is 48.5 Å². The Morgan fingerprint density at radius 1 is 0.947 bits per heavy atom. The van der Waals surface area contributed by atoms with Crippen LogP contribution in [-0.2, 0) is 6.18 Å². The number of anilines is 1. The van der Waals surface area contributed by atoms with E-state index in [9.17, 15) is 26.3 Å². The fourth-order valence-corrected chi connectivity index (χ4v) is 3.90. The molecule has 0 saturated carbocycles. The zero-order chi connectivity index (χ0) is 27.3. The predicted octanol–water partition coefficient (Wildman–Crippen LogP) is 3.82. The van der Waals surface area contributed by atoms with Crippen LogP contribution in [0.3, 0.4) is 0 Å². The van der Waals surface area contributed by atoms with Crippen molar-refractivity contribution in [2.45, 2.75) is 18.0 Å². The van der Waals surface area contributed by atoms with Crippen molar-refractivity contribution in [1.82, 2.24) is 29.5 Å². The highest BCUT2D eigenvalue weighted by Crippen LogP contribution is 2.44. The lowest BCUT2D eigenvalue weighted by Gasteiger charge is -2.50. The van der Waals surface area contributed by atoms with E-state index in [1.54, 1.807) is 0 Å². The van der Waals surface area contributed by atoms with Gasteiger partial charge in [0.15, 0.2) is 5.65 Å². The molecule has 10 nitrogen and oxygen atoms in total. The van der Waals surface area contributed by atoms with E-state index < -0.39 is 42.5 Å². The highest BCUT2D eigenvalue weighted by atomic mass is 19.4. The monoisotopic (exact) mass is 541 g/mol. The van der Waals surface area contributed by atoms with Gasteiger partial charge in [-0.1, -0.05) is 0 Å². The summed E-state index contributed by atoms with van der Waals surface area (Å²) in [6.07, 6.45) is -4.79. The number of halogens is 6. The largest absolute Gasteiger partial charge is 0.480 e. The third-order valence-corrected chi connectivity index (χ3v) is 5.84. The van der Waals surface area contributed by atoms with Crippen molar-refractivity contribution >= 4 is 11.3 Å². The van der Waals surface area contributed by atoms with Crippen LogP contribution in [0.4, 0.5) is 32.0 Å². The van der Waals surface area contributed by atoms with Gasteiger partial charge in [-0.3, -0.25) is 0 Å². The number of hydrogen-bond donors (Lipinski definition) is 0. The standard InChI is InChI=1S/C22H17F6N7O3/c1-36-18-13(9-31-19(32-18)37-2)14-7-15(17-29-5-6-35(17)33-14)34-10-20(11-34,22(26,27)28)38-16-4-3-12(8-30-16)21(23,24)25/h3-9H,10-11H2,1-2H3. The number of aromatic nitrogens is 6. The highest BCUT2D eigenvalue weighted by molar-refractivity contribution is 5.77. The molecular formula is C22H17F6N7O3. The summed E-state index contributed by atoms with van der Waals surface area (Å²) in [6.45, 7) is -1.36. The SMILES string of the molecule is COc1ncc(-c2cc(N3CC(Oc4ccc(C(F)(F)F)cn4)(C(F)(F)F)C3)c3nccn3n2)c(OC)n1. The van der Waals surface area contributed by atoms with Gasteiger partial charge in [0.25, 0.3) is 0 Å². The van der Waals surface area contributed by atoms with E-state index in [1.165, 1.54) is 48.3 Å². The first-order valence-corrected chi connectivity index (χ1v) is 10.8. The summed E-state index contributed by atoms with van der Waals surface area (Å²) in [4.78, 5) is 17.1. The van der Waals surface area contributed by atoms with E-state index in [2.05, 4.69) is 25.0 Å². The number of nitrogens with zero attached hydrogens (tertiary/aromatic N) is 7. The van der Waals surface area contributed by atoms with Crippen LogP contribution < -0.4 is 19.1 Å². The second-order valence-electron chi connectivity index (χ2n) is 8.22. The molecule has 200 valence electrons. The summed E-state index contributed by atoms with van der Waals surface area (Å²) >= 11 is 0. The van der Waals surface area contributed by atoms with E-state index in [-0.39, 0.29) is 23.2 Å². The van der Waals surface area contributed by atoms with Crippen LogP contribution in [0.1, 0.15) is 5.56 Å². The molecule has 0 unspecified atom stereocenters. The highest BCUT2D eigenvalue weighted by Gasteiger charge is 2.65. The molecule has 0 N–H and O–H groups in total. The number of rotatable bonds is 6. The maximum atomic E-state index is 14.1. The molecule has 4 aromatic rings. The van der Waals surface area contributed by atoms with Crippen LogP contribution in [0.2, 0.25) is 0 Å². The van der Waals surface area contributed by atoms with Crippen molar-refractivity contribution in [3.8, 4) is 29.0 Å². The molecule has 5 rings (SSSR count). The quantitative estimate of drug-likeness (QED) is 0.338. The molecule has 1 fully saturated rings. The van der Waals surface area contributed by atoms with Gasteiger partial charge in [0.1, 0.15) is 5.69 Å². The Balaban J connectivity index is 1.48. The lowest BCUT2D eigenvalue weighted by atomic mass is 9.92. The lowest BCUT2D eigenvalue weighted by Crippen LogP contribution is -2.72. The van der Waals surface area contributed by atoms with Gasteiger partial charge >= 0.3 is 18.4 Å². The van der Waals surface area contributed by atoms with E-state index >= 15 is 0 Å². The minimum absolute atomic E-state index is 0.0428. The Hall–Kier alpha value is -4.37. The van der Waals surface area contributed by atoms with Gasteiger partial charge < -0.3 is 19.1 Å². The van der Waals surface area contributed by atoms with Crippen LogP contribution in [-0.4, -0.2) is 68.6 Å². The molecule has 0 spiro atoms. The van der Waals surface area contributed by atoms with E-state index in [0.29, 0.717) is 23.5 Å². The lowest BCUT2D eigenvalue weighted by molar-refractivity contribution is -0.257. The Bertz CT molecular complexity index is 1470. The smallest absolute Gasteiger partial charge is 0.431 e. The average molecular weight is 541 g/mol. The molecule has 0 aromatic carbocycles. The van der Waals surface area contributed by atoms with Gasteiger partial charge in [-0.2, -0.15) is 36.4 Å². The molecule has 1 aliphatic heterocycles. The number of hydrogen-bond acceptors (Lipinski definition) is 9. The Morgan fingerprint density at radius 2 is 1.71 bits per heavy atom. The van der Waals surface area contributed by atoms with Crippen LogP contribution in [0.5, 0.6) is 17.8 Å². The Kier molecular flexibility index (Phi) is 5.91. The number of fused-ring (bicyclic) bond motifs is 1. The molecular weight excluding hydrogens is 524 g/mol. The van der Waals surface area contributed by atoms with E-state index in [4.69, 9.17) is 14.2 Å². The molecule has 38 heavy (non-hydrogen) atoms. The predicted molar refractivity (Wildman–Crippen MR) is 118 cm³/mol. The fraction of sp³-hybridized carbons (Fsp3) is 0.318.